The Balaban J connectivity index is 1.64. The molecule has 0 aliphatic carbocycles. The molecule has 0 unspecified atom stereocenters. The quantitative estimate of drug-likeness (QED) is 0.230. The number of methoxy groups -OCH3 is 1. The van der Waals surface area contributed by atoms with Gasteiger partial charge in [-0.1, -0.05) is 67.9 Å². The molecule has 3 aromatic carbocycles. The van der Waals surface area contributed by atoms with Crippen molar-refractivity contribution < 1.29 is 24.2 Å². The van der Waals surface area contributed by atoms with Gasteiger partial charge in [0.05, 0.1) is 18.2 Å². The molecule has 1 saturated heterocycles. The molecule has 37 heavy (non-hydrogen) atoms. The summed E-state index contributed by atoms with van der Waals surface area (Å²) in [6.07, 6.45) is 0. The Labute approximate surface area is 218 Å². The highest BCUT2D eigenvalue weighted by Crippen LogP contribution is 2.39. The van der Waals surface area contributed by atoms with Gasteiger partial charge in [0, 0.05) is 19.2 Å². The van der Waals surface area contributed by atoms with Crippen molar-refractivity contribution in [1.29, 1.82) is 0 Å². The zero-order chi connectivity index (χ0) is 26.5. The fraction of sp³-hybridized carbons (Fsp3) is 0.290. The van der Waals surface area contributed by atoms with Crippen LogP contribution in [0.2, 0.25) is 0 Å². The number of carbonyl (C=O) groups excluding carboxylic acids is 2. The van der Waals surface area contributed by atoms with Crippen LogP contribution in [0, 0.1) is 6.92 Å². The van der Waals surface area contributed by atoms with Gasteiger partial charge in [-0.2, -0.15) is 0 Å². The highest BCUT2D eigenvalue weighted by Gasteiger charge is 2.45. The summed E-state index contributed by atoms with van der Waals surface area (Å²) in [5.41, 5.74) is 4.66. The van der Waals surface area contributed by atoms with Gasteiger partial charge in [-0.3, -0.25) is 9.59 Å². The summed E-state index contributed by atoms with van der Waals surface area (Å²) in [5.74, 6) is -0.567. The molecule has 6 nitrogen and oxygen atoms in total. The first-order chi connectivity index (χ1) is 17.8. The predicted molar refractivity (Wildman–Crippen MR) is 143 cm³/mol. The Morgan fingerprint density at radius 3 is 2.32 bits per heavy atom. The minimum atomic E-state index is -0.702. The number of rotatable bonds is 9. The number of benzene rings is 3. The third-order valence-electron chi connectivity index (χ3n) is 6.61. The molecule has 1 aliphatic heterocycles. The molecule has 0 saturated carbocycles. The third kappa shape index (κ3) is 5.75. The number of hydrogen-bond acceptors (Lipinski definition) is 5. The van der Waals surface area contributed by atoms with Crippen molar-refractivity contribution in [3.8, 4) is 5.75 Å². The van der Waals surface area contributed by atoms with E-state index in [9.17, 15) is 14.7 Å². The monoisotopic (exact) mass is 499 g/mol. The van der Waals surface area contributed by atoms with E-state index in [0.717, 1.165) is 22.3 Å². The molecule has 1 amide bonds. The van der Waals surface area contributed by atoms with Crippen LogP contribution in [0.3, 0.4) is 0 Å². The molecule has 0 radical (unpaired) electrons. The number of nitrogens with zero attached hydrogens (tertiary/aromatic N) is 1. The molecular formula is C31H33NO5. The Hall–Kier alpha value is -3.90. The molecule has 0 spiro atoms. The van der Waals surface area contributed by atoms with Crippen LogP contribution >= 0.6 is 0 Å². The summed E-state index contributed by atoms with van der Waals surface area (Å²) in [5, 5.41) is 11.3. The van der Waals surface area contributed by atoms with Crippen molar-refractivity contribution in [1.82, 2.24) is 4.90 Å². The SMILES string of the molecule is COCCN1C(=O)C(=O)C(=C(O)c2ccc(OCc3cccc(C)c3)cc2)[C@@H]1c1ccc(C(C)C)cc1. The van der Waals surface area contributed by atoms with Gasteiger partial charge in [-0.25, -0.2) is 0 Å². The fourth-order valence-electron chi connectivity index (χ4n) is 4.54. The van der Waals surface area contributed by atoms with E-state index in [1.165, 1.54) is 4.90 Å². The van der Waals surface area contributed by atoms with E-state index >= 15 is 0 Å². The van der Waals surface area contributed by atoms with Gasteiger partial charge in [-0.15, -0.1) is 0 Å². The minimum absolute atomic E-state index is 0.0758. The number of hydrogen-bond donors (Lipinski definition) is 1. The second-order valence-corrected chi connectivity index (χ2v) is 9.61. The van der Waals surface area contributed by atoms with Gasteiger partial charge in [0.25, 0.3) is 11.7 Å². The molecule has 3 aromatic rings. The first-order valence-corrected chi connectivity index (χ1v) is 12.5. The lowest BCUT2D eigenvalue weighted by Gasteiger charge is -2.25. The van der Waals surface area contributed by atoms with Crippen molar-refractivity contribution in [2.45, 2.75) is 39.3 Å². The lowest BCUT2D eigenvalue weighted by atomic mass is 9.93. The molecule has 0 aromatic heterocycles. The highest BCUT2D eigenvalue weighted by molar-refractivity contribution is 6.46. The predicted octanol–water partition coefficient (Wildman–Crippen LogP) is 5.77. The smallest absolute Gasteiger partial charge is 0.295 e. The summed E-state index contributed by atoms with van der Waals surface area (Å²) >= 11 is 0. The maximum Gasteiger partial charge on any atom is 0.295 e. The molecule has 1 N–H and O–H groups in total. The lowest BCUT2D eigenvalue weighted by Crippen LogP contribution is -2.32. The summed E-state index contributed by atoms with van der Waals surface area (Å²) in [6.45, 7) is 7.18. The Morgan fingerprint density at radius 1 is 1.00 bits per heavy atom. The highest BCUT2D eigenvalue weighted by atomic mass is 16.5. The van der Waals surface area contributed by atoms with E-state index < -0.39 is 17.7 Å². The van der Waals surface area contributed by atoms with Crippen LogP contribution in [-0.4, -0.2) is 42.0 Å². The van der Waals surface area contributed by atoms with E-state index in [2.05, 4.69) is 19.9 Å². The maximum absolute atomic E-state index is 13.1. The van der Waals surface area contributed by atoms with Crippen LogP contribution in [0.4, 0.5) is 0 Å². The fourth-order valence-corrected chi connectivity index (χ4v) is 4.54. The Morgan fingerprint density at radius 2 is 1.70 bits per heavy atom. The van der Waals surface area contributed by atoms with Crippen molar-refractivity contribution >= 4 is 17.4 Å². The normalized spacial score (nSPS) is 17.0. The van der Waals surface area contributed by atoms with E-state index in [0.29, 0.717) is 23.8 Å². The Bertz CT molecular complexity index is 1290. The number of ether oxygens (including phenoxy) is 2. The van der Waals surface area contributed by atoms with Gasteiger partial charge in [0.1, 0.15) is 18.1 Å². The van der Waals surface area contributed by atoms with Crippen molar-refractivity contribution in [2.24, 2.45) is 0 Å². The standard InChI is InChI=1S/C31H33NO5/c1-20(2)23-8-10-24(11-9-23)28-27(30(34)31(35)32(28)16-17-36-4)29(33)25-12-14-26(15-13-25)37-19-22-7-5-6-21(3)18-22/h5-15,18,20,28,33H,16-17,19H2,1-4H3/t28-/m0/s1. The molecule has 0 bridgehead atoms. The van der Waals surface area contributed by atoms with Crippen LogP contribution in [0.25, 0.3) is 5.76 Å². The number of aliphatic hydroxyl groups excluding tert-OH is 1. The van der Waals surface area contributed by atoms with Crippen molar-refractivity contribution in [3.05, 3.63) is 106 Å². The maximum atomic E-state index is 13.1. The molecule has 4 rings (SSSR count). The summed E-state index contributed by atoms with van der Waals surface area (Å²) in [7, 11) is 1.55. The van der Waals surface area contributed by atoms with Gasteiger partial charge in [0.2, 0.25) is 0 Å². The number of amides is 1. The average Bonchev–Trinajstić information content (AvgIpc) is 3.15. The molecule has 1 heterocycles. The van der Waals surface area contributed by atoms with Gasteiger partial charge in [-0.05, 0) is 53.8 Å². The van der Waals surface area contributed by atoms with Crippen LogP contribution in [0.1, 0.15) is 53.6 Å². The molecule has 6 heteroatoms. The zero-order valence-electron chi connectivity index (χ0n) is 21.7. The molecule has 1 aliphatic rings. The summed E-state index contributed by atoms with van der Waals surface area (Å²) < 4.78 is 11.1. The summed E-state index contributed by atoms with van der Waals surface area (Å²) in [4.78, 5) is 27.6. The number of Topliss-reactive ketones (excluding diaryl/α,β-unsaturated/α-hetero) is 1. The Kier molecular flexibility index (Phi) is 8.09. The molecule has 192 valence electrons. The van der Waals surface area contributed by atoms with Gasteiger partial charge < -0.3 is 19.5 Å². The minimum Gasteiger partial charge on any atom is -0.507 e. The summed E-state index contributed by atoms with van der Waals surface area (Å²) in [6, 6.07) is 22.1. The molecule has 1 fully saturated rings. The number of aryl methyl sites for hydroxylation is 1. The van der Waals surface area contributed by atoms with Gasteiger partial charge >= 0.3 is 0 Å². The zero-order valence-corrected chi connectivity index (χ0v) is 21.7. The molecular weight excluding hydrogens is 466 g/mol. The third-order valence-corrected chi connectivity index (χ3v) is 6.61. The van der Waals surface area contributed by atoms with Crippen LogP contribution in [-0.2, 0) is 20.9 Å². The first kappa shape index (κ1) is 26.2. The van der Waals surface area contributed by atoms with E-state index in [1.807, 2.05) is 49.4 Å². The average molecular weight is 500 g/mol. The van der Waals surface area contributed by atoms with Crippen LogP contribution < -0.4 is 4.74 Å². The van der Waals surface area contributed by atoms with Crippen molar-refractivity contribution in [2.75, 3.05) is 20.3 Å². The number of likely N-dealkylation sites (tertiary alicyclic amines) is 1. The number of aliphatic hydroxyl groups is 1. The largest absolute Gasteiger partial charge is 0.507 e. The van der Waals surface area contributed by atoms with Crippen molar-refractivity contribution in [3.63, 3.8) is 0 Å². The van der Waals surface area contributed by atoms with Gasteiger partial charge in [0.15, 0.2) is 0 Å². The van der Waals surface area contributed by atoms with Crippen LogP contribution in [0.15, 0.2) is 78.4 Å². The number of ketones is 1. The van der Waals surface area contributed by atoms with E-state index in [1.54, 1.807) is 31.4 Å². The second kappa shape index (κ2) is 11.4. The van der Waals surface area contributed by atoms with E-state index in [-0.39, 0.29) is 24.5 Å². The number of carbonyl (C=O) groups is 2. The second-order valence-electron chi connectivity index (χ2n) is 9.61. The lowest BCUT2D eigenvalue weighted by molar-refractivity contribution is -0.140. The van der Waals surface area contributed by atoms with E-state index in [4.69, 9.17) is 9.47 Å². The topological polar surface area (TPSA) is 76.1 Å². The van der Waals surface area contributed by atoms with Crippen LogP contribution in [0.5, 0.6) is 5.75 Å². The molecule has 1 atom stereocenters. The first-order valence-electron chi connectivity index (χ1n) is 12.5.